The first-order chi connectivity index (χ1) is 17.8. The van der Waals surface area contributed by atoms with E-state index in [4.69, 9.17) is 37.4 Å². The molecule has 1 aliphatic heterocycles. The monoisotopic (exact) mass is 540 g/mol. The van der Waals surface area contributed by atoms with Crippen LogP contribution in [0.4, 0.5) is 11.4 Å². The van der Waals surface area contributed by atoms with E-state index in [1.54, 1.807) is 48.5 Å². The van der Waals surface area contributed by atoms with Gasteiger partial charge in [-0.2, -0.15) is 0 Å². The summed E-state index contributed by atoms with van der Waals surface area (Å²) in [6.07, 6.45) is 0. The average molecular weight is 541 g/mol. The summed E-state index contributed by atoms with van der Waals surface area (Å²) in [6.45, 7) is 0.0722. The van der Waals surface area contributed by atoms with Crippen molar-refractivity contribution in [1.29, 1.82) is 0 Å². The first-order valence-corrected chi connectivity index (χ1v) is 11.6. The number of methoxy groups -OCH3 is 1. The average Bonchev–Trinajstić information content (AvgIpc) is 3.50. The lowest BCUT2D eigenvalue weighted by atomic mass is 10.2. The number of hydrogen-bond donors (Lipinski definition) is 3. The van der Waals surface area contributed by atoms with Crippen LogP contribution >= 0.6 is 23.2 Å². The number of aromatic nitrogens is 1. The Morgan fingerprint density at radius 2 is 1.62 bits per heavy atom. The van der Waals surface area contributed by atoms with E-state index in [0.717, 1.165) is 0 Å². The van der Waals surface area contributed by atoms with E-state index in [9.17, 15) is 14.4 Å². The van der Waals surface area contributed by atoms with Crippen molar-refractivity contribution in [3.63, 3.8) is 0 Å². The standard InChI is InChI=1S/C25H18Cl2N4O6/c1-35-20-4-2-3-13-9-18(23(32)28-14-5-7-16(26)17(27)10-14)31(22(13)20)30-25(34)24(33)29-15-6-8-19-21(11-15)37-12-36-19/h2-11H,12H2,1H3,(H,28,32)(H,29,33)(H,30,34). The van der Waals surface area contributed by atoms with Crippen LogP contribution in [0, 0.1) is 0 Å². The van der Waals surface area contributed by atoms with Crippen molar-refractivity contribution >= 4 is 63.2 Å². The number of rotatable bonds is 5. The number of amides is 3. The minimum atomic E-state index is -1.02. The molecule has 188 valence electrons. The summed E-state index contributed by atoms with van der Waals surface area (Å²) in [7, 11) is 1.45. The van der Waals surface area contributed by atoms with Gasteiger partial charge >= 0.3 is 11.8 Å². The molecule has 0 saturated carbocycles. The molecule has 1 aromatic heterocycles. The van der Waals surface area contributed by atoms with Crippen LogP contribution in [0.3, 0.4) is 0 Å². The Morgan fingerprint density at radius 1 is 0.865 bits per heavy atom. The van der Waals surface area contributed by atoms with Gasteiger partial charge in [0.25, 0.3) is 5.91 Å². The van der Waals surface area contributed by atoms with Gasteiger partial charge < -0.3 is 24.8 Å². The molecule has 12 heteroatoms. The number of nitrogens with one attached hydrogen (secondary N) is 3. The molecule has 3 aromatic carbocycles. The lowest BCUT2D eigenvalue weighted by molar-refractivity contribution is -0.133. The van der Waals surface area contributed by atoms with Gasteiger partial charge in [-0.05, 0) is 42.5 Å². The largest absolute Gasteiger partial charge is 0.494 e. The molecule has 4 aromatic rings. The molecule has 2 heterocycles. The lowest BCUT2D eigenvalue weighted by Crippen LogP contribution is -2.36. The quantitative estimate of drug-likeness (QED) is 0.317. The van der Waals surface area contributed by atoms with E-state index < -0.39 is 17.7 Å². The molecule has 0 spiro atoms. The fourth-order valence-electron chi connectivity index (χ4n) is 3.76. The highest BCUT2D eigenvalue weighted by Crippen LogP contribution is 2.34. The van der Waals surface area contributed by atoms with Crippen LogP contribution in [-0.2, 0) is 9.59 Å². The molecule has 3 amide bonds. The molecule has 5 rings (SSSR count). The van der Waals surface area contributed by atoms with Crippen molar-refractivity contribution < 1.29 is 28.6 Å². The van der Waals surface area contributed by atoms with Crippen LogP contribution < -0.4 is 30.3 Å². The number of para-hydroxylation sites is 1. The minimum Gasteiger partial charge on any atom is -0.494 e. The van der Waals surface area contributed by atoms with Crippen molar-refractivity contribution in [1.82, 2.24) is 4.68 Å². The Kier molecular flexibility index (Phi) is 6.51. The first-order valence-electron chi connectivity index (χ1n) is 10.8. The third-order valence-corrected chi connectivity index (χ3v) is 6.21. The maximum atomic E-state index is 13.2. The highest BCUT2D eigenvalue weighted by Gasteiger charge is 2.24. The first kappa shape index (κ1) is 24.3. The van der Waals surface area contributed by atoms with Crippen LogP contribution in [0.15, 0.2) is 60.7 Å². The van der Waals surface area contributed by atoms with Crippen LogP contribution in [0.1, 0.15) is 10.5 Å². The van der Waals surface area contributed by atoms with Gasteiger partial charge in [-0.3, -0.25) is 19.8 Å². The number of halogens is 2. The third-order valence-electron chi connectivity index (χ3n) is 5.47. The van der Waals surface area contributed by atoms with Crippen molar-refractivity contribution in [3.05, 3.63) is 76.4 Å². The number of carbonyl (C=O) groups excluding carboxylic acids is 3. The molecular formula is C25H18Cl2N4O6. The van der Waals surface area contributed by atoms with Gasteiger partial charge in [-0.15, -0.1) is 0 Å². The molecule has 10 nitrogen and oxygen atoms in total. The van der Waals surface area contributed by atoms with Crippen molar-refractivity contribution in [2.45, 2.75) is 0 Å². The van der Waals surface area contributed by atoms with Gasteiger partial charge in [0.15, 0.2) is 11.5 Å². The number of anilines is 2. The molecule has 0 fully saturated rings. The van der Waals surface area contributed by atoms with Gasteiger partial charge in [0, 0.05) is 22.8 Å². The number of carbonyl (C=O) groups is 3. The molecule has 0 saturated heterocycles. The zero-order chi connectivity index (χ0) is 26.1. The predicted molar refractivity (Wildman–Crippen MR) is 138 cm³/mol. The summed E-state index contributed by atoms with van der Waals surface area (Å²) in [5.74, 6) is -1.21. The molecule has 0 aliphatic carbocycles. The second kappa shape index (κ2) is 9.92. The highest BCUT2D eigenvalue weighted by atomic mass is 35.5. The second-order valence-corrected chi connectivity index (χ2v) is 8.62. The molecule has 0 bridgehead atoms. The van der Waals surface area contributed by atoms with E-state index in [1.807, 2.05) is 0 Å². The normalized spacial score (nSPS) is 11.8. The Hall–Kier alpha value is -4.41. The number of ether oxygens (including phenoxy) is 3. The predicted octanol–water partition coefficient (Wildman–Crippen LogP) is 4.65. The topological polar surface area (TPSA) is 120 Å². The minimum absolute atomic E-state index is 0.0369. The van der Waals surface area contributed by atoms with Crippen LogP contribution in [0.5, 0.6) is 17.2 Å². The number of hydrogen-bond acceptors (Lipinski definition) is 6. The molecule has 37 heavy (non-hydrogen) atoms. The van der Waals surface area contributed by atoms with Gasteiger partial charge in [0.1, 0.15) is 17.0 Å². The van der Waals surface area contributed by atoms with Gasteiger partial charge in [-0.25, -0.2) is 4.68 Å². The maximum Gasteiger partial charge on any atom is 0.328 e. The Bertz CT molecular complexity index is 1570. The van der Waals surface area contributed by atoms with E-state index in [2.05, 4.69) is 16.1 Å². The molecular weight excluding hydrogens is 523 g/mol. The van der Waals surface area contributed by atoms with Gasteiger partial charge in [0.05, 0.1) is 17.2 Å². The Balaban J connectivity index is 1.44. The fourth-order valence-corrected chi connectivity index (χ4v) is 4.06. The van der Waals surface area contributed by atoms with Crippen LogP contribution in [0.2, 0.25) is 10.0 Å². The fraction of sp³-hybridized carbons (Fsp3) is 0.0800. The SMILES string of the molecule is COc1cccc2cc(C(=O)Nc3ccc(Cl)c(Cl)c3)n(NC(=O)C(=O)Nc3ccc4c(c3)OCO4)c12. The molecule has 1 aliphatic rings. The summed E-state index contributed by atoms with van der Waals surface area (Å²) in [5, 5.41) is 6.40. The smallest absolute Gasteiger partial charge is 0.328 e. The van der Waals surface area contributed by atoms with Gasteiger partial charge in [-0.1, -0.05) is 35.3 Å². The van der Waals surface area contributed by atoms with E-state index in [0.29, 0.717) is 44.5 Å². The third kappa shape index (κ3) is 4.84. The lowest BCUT2D eigenvalue weighted by Gasteiger charge is -2.14. The van der Waals surface area contributed by atoms with Gasteiger partial charge in [0.2, 0.25) is 6.79 Å². The summed E-state index contributed by atoms with van der Waals surface area (Å²) in [4.78, 5) is 38.8. The van der Waals surface area contributed by atoms with E-state index >= 15 is 0 Å². The number of fused-ring (bicyclic) bond motifs is 2. The van der Waals surface area contributed by atoms with Crippen molar-refractivity contribution in [3.8, 4) is 17.2 Å². The summed E-state index contributed by atoms with van der Waals surface area (Å²) in [6, 6.07) is 16.0. The zero-order valence-corrected chi connectivity index (χ0v) is 20.6. The zero-order valence-electron chi connectivity index (χ0n) is 19.1. The Labute approximate surface area is 220 Å². The summed E-state index contributed by atoms with van der Waals surface area (Å²) in [5.41, 5.74) is 3.62. The summed E-state index contributed by atoms with van der Waals surface area (Å²) >= 11 is 12.0. The van der Waals surface area contributed by atoms with Crippen LogP contribution in [-0.4, -0.2) is 36.3 Å². The number of nitrogens with zero attached hydrogens (tertiary/aromatic N) is 1. The van der Waals surface area contributed by atoms with E-state index in [-0.39, 0.29) is 17.5 Å². The maximum absolute atomic E-state index is 13.2. The molecule has 0 unspecified atom stereocenters. The van der Waals surface area contributed by atoms with E-state index in [1.165, 1.54) is 23.9 Å². The Morgan fingerprint density at radius 3 is 2.41 bits per heavy atom. The van der Waals surface area contributed by atoms with Crippen molar-refractivity contribution in [2.24, 2.45) is 0 Å². The molecule has 3 N–H and O–H groups in total. The van der Waals surface area contributed by atoms with Crippen molar-refractivity contribution in [2.75, 3.05) is 30.0 Å². The van der Waals surface area contributed by atoms with Crippen LogP contribution in [0.25, 0.3) is 10.9 Å². The highest BCUT2D eigenvalue weighted by molar-refractivity contribution is 6.43. The molecule has 0 radical (unpaired) electrons. The second-order valence-electron chi connectivity index (χ2n) is 7.81. The summed E-state index contributed by atoms with van der Waals surface area (Å²) < 4.78 is 17.2. The number of benzene rings is 3. The molecule has 0 atom stereocenters.